The van der Waals surface area contributed by atoms with Crippen molar-refractivity contribution in [2.75, 3.05) is 13.7 Å². The molecule has 1 aromatic rings. The molecule has 1 rings (SSSR count). The highest BCUT2D eigenvalue weighted by atomic mass is 16.5. The van der Waals surface area contributed by atoms with Gasteiger partial charge in [-0.3, -0.25) is 4.79 Å². The Balaban J connectivity index is 2.70. The molecule has 4 nitrogen and oxygen atoms in total. The van der Waals surface area contributed by atoms with Crippen molar-refractivity contribution in [3.05, 3.63) is 35.9 Å². The van der Waals surface area contributed by atoms with Gasteiger partial charge in [-0.1, -0.05) is 26.0 Å². The van der Waals surface area contributed by atoms with Gasteiger partial charge in [0.25, 0.3) is 0 Å². The average molecular weight is 291 g/mol. The van der Waals surface area contributed by atoms with Crippen LogP contribution in [0.5, 0.6) is 5.75 Å². The minimum atomic E-state index is -0.826. The smallest absolute Gasteiger partial charge is 0.244 e. The number of aliphatic hydroxyl groups is 1. The summed E-state index contributed by atoms with van der Waals surface area (Å²) in [6, 6.07) is 7.55. The molecule has 0 atom stereocenters. The van der Waals surface area contributed by atoms with Crippen LogP contribution in [-0.2, 0) is 4.79 Å². The van der Waals surface area contributed by atoms with Gasteiger partial charge in [-0.2, -0.15) is 0 Å². The highest BCUT2D eigenvalue weighted by molar-refractivity contribution is 5.94. The van der Waals surface area contributed by atoms with Crippen LogP contribution in [0.1, 0.15) is 39.2 Å². The first-order chi connectivity index (χ1) is 9.94. The van der Waals surface area contributed by atoms with Crippen LogP contribution in [-0.4, -0.2) is 30.3 Å². The number of carbonyl (C=O) groups excluding carboxylic acids is 1. The molecule has 0 radical (unpaired) electrons. The summed E-state index contributed by atoms with van der Waals surface area (Å²) in [7, 11) is 1.61. The maximum absolute atomic E-state index is 11.9. The molecule has 21 heavy (non-hydrogen) atoms. The highest BCUT2D eigenvalue weighted by Crippen LogP contribution is 2.19. The van der Waals surface area contributed by atoms with Crippen molar-refractivity contribution in [3.8, 4) is 5.75 Å². The molecule has 1 amide bonds. The number of carbonyl (C=O) groups is 1. The molecule has 0 saturated carbocycles. The second-order valence-corrected chi connectivity index (χ2v) is 5.21. The topological polar surface area (TPSA) is 58.6 Å². The molecule has 0 aliphatic heterocycles. The number of amides is 1. The molecule has 0 fully saturated rings. The molecule has 4 heteroatoms. The lowest BCUT2D eigenvalue weighted by molar-refractivity contribution is -0.117. The number of nitrogens with one attached hydrogen (secondary N) is 1. The van der Waals surface area contributed by atoms with Crippen LogP contribution in [0, 0.1) is 0 Å². The number of ether oxygens (including phenoxy) is 1. The van der Waals surface area contributed by atoms with Gasteiger partial charge in [0.1, 0.15) is 5.75 Å². The maximum Gasteiger partial charge on any atom is 0.244 e. The fraction of sp³-hybridized carbons (Fsp3) is 0.471. The molecule has 0 aromatic heterocycles. The summed E-state index contributed by atoms with van der Waals surface area (Å²) < 4.78 is 5.17. The Morgan fingerprint density at radius 1 is 1.38 bits per heavy atom. The van der Waals surface area contributed by atoms with Gasteiger partial charge >= 0.3 is 0 Å². The zero-order valence-corrected chi connectivity index (χ0v) is 13.3. The molecule has 0 saturated heterocycles. The van der Waals surface area contributed by atoms with Crippen molar-refractivity contribution < 1.29 is 14.6 Å². The van der Waals surface area contributed by atoms with Crippen molar-refractivity contribution in [2.45, 2.75) is 39.2 Å². The summed E-state index contributed by atoms with van der Waals surface area (Å²) in [5.74, 6) is 0.558. The summed E-state index contributed by atoms with van der Waals surface area (Å²) in [6.07, 6.45) is 2.77. The van der Waals surface area contributed by atoms with Gasteiger partial charge in [-0.05, 0) is 43.0 Å². The summed E-state index contributed by atoms with van der Waals surface area (Å²) in [5, 5.41) is 12.9. The van der Waals surface area contributed by atoms with E-state index < -0.39 is 5.60 Å². The zero-order chi connectivity index (χ0) is 15.9. The van der Waals surface area contributed by atoms with E-state index in [0.717, 1.165) is 16.9 Å². The number of hydrogen-bond donors (Lipinski definition) is 2. The van der Waals surface area contributed by atoms with Crippen molar-refractivity contribution in [1.82, 2.24) is 5.32 Å². The van der Waals surface area contributed by atoms with Crippen molar-refractivity contribution in [1.29, 1.82) is 0 Å². The Morgan fingerprint density at radius 2 is 2.05 bits per heavy atom. The van der Waals surface area contributed by atoms with Gasteiger partial charge in [0.2, 0.25) is 5.91 Å². The maximum atomic E-state index is 11.9. The molecule has 0 bridgehead atoms. The third-order valence-electron chi connectivity index (χ3n) is 3.78. The standard InChI is InChI=1S/C17H25NO3/c1-5-17(20,6-2)12-18-16(19)10-13(3)14-8-7-9-15(11-14)21-4/h7-11,20H,5-6,12H2,1-4H3,(H,18,19). The predicted octanol–water partition coefficient (Wildman–Crippen LogP) is 2.77. The third-order valence-corrected chi connectivity index (χ3v) is 3.78. The van der Waals surface area contributed by atoms with Crippen LogP contribution in [0.4, 0.5) is 0 Å². The van der Waals surface area contributed by atoms with E-state index in [1.807, 2.05) is 45.0 Å². The largest absolute Gasteiger partial charge is 0.497 e. The Morgan fingerprint density at radius 3 is 2.62 bits per heavy atom. The molecular weight excluding hydrogens is 266 g/mol. The lowest BCUT2D eigenvalue weighted by atomic mass is 9.97. The fourth-order valence-electron chi connectivity index (χ4n) is 1.95. The Kier molecular flexibility index (Phi) is 6.43. The van der Waals surface area contributed by atoms with Crippen LogP contribution < -0.4 is 10.1 Å². The quantitative estimate of drug-likeness (QED) is 0.759. The van der Waals surface area contributed by atoms with E-state index >= 15 is 0 Å². The molecular formula is C17H25NO3. The SMILES string of the molecule is CCC(O)(CC)CNC(=O)C=C(C)c1cccc(OC)c1. The van der Waals surface area contributed by atoms with Crippen LogP contribution in [0.25, 0.3) is 5.57 Å². The molecule has 1 aromatic carbocycles. The van der Waals surface area contributed by atoms with Gasteiger partial charge < -0.3 is 15.2 Å². The summed E-state index contributed by atoms with van der Waals surface area (Å²) in [6.45, 7) is 5.96. The van der Waals surface area contributed by atoms with Crippen molar-refractivity contribution >= 4 is 11.5 Å². The van der Waals surface area contributed by atoms with Gasteiger partial charge in [0, 0.05) is 12.6 Å². The first-order valence-electron chi connectivity index (χ1n) is 7.27. The zero-order valence-electron chi connectivity index (χ0n) is 13.3. The summed E-state index contributed by atoms with van der Waals surface area (Å²) in [4.78, 5) is 11.9. The van der Waals surface area contributed by atoms with Crippen molar-refractivity contribution in [2.24, 2.45) is 0 Å². The average Bonchev–Trinajstić information content (AvgIpc) is 2.52. The van der Waals surface area contributed by atoms with Crippen molar-refractivity contribution in [3.63, 3.8) is 0 Å². The number of rotatable bonds is 7. The van der Waals surface area contributed by atoms with E-state index in [0.29, 0.717) is 12.8 Å². The van der Waals surface area contributed by atoms with E-state index in [4.69, 9.17) is 4.74 Å². The van der Waals surface area contributed by atoms with Gasteiger partial charge in [0.05, 0.1) is 12.7 Å². The Bertz CT molecular complexity index is 505. The molecule has 2 N–H and O–H groups in total. The second kappa shape index (κ2) is 7.84. The normalized spacial score (nSPS) is 12.1. The highest BCUT2D eigenvalue weighted by Gasteiger charge is 2.22. The fourth-order valence-corrected chi connectivity index (χ4v) is 1.95. The second-order valence-electron chi connectivity index (χ2n) is 5.21. The number of methoxy groups -OCH3 is 1. The molecule has 0 aliphatic rings. The van der Waals surface area contributed by atoms with Crippen LogP contribution >= 0.6 is 0 Å². The number of hydrogen-bond acceptors (Lipinski definition) is 3. The van der Waals surface area contributed by atoms with Gasteiger partial charge in [-0.15, -0.1) is 0 Å². The monoisotopic (exact) mass is 291 g/mol. The van der Waals surface area contributed by atoms with E-state index in [1.165, 1.54) is 0 Å². The van der Waals surface area contributed by atoms with E-state index in [2.05, 4.69) is 5.32 Å². The first kappa shape index (κ1) is 17.2. The van der Waals surface area contributed by atoms with Crippen LogP contribution in [0.2, 0.25) is 0 Å². The number of benzene rings is 1. The lowest BCUT2D eigenvalue weighted by Crippen LogP contribution is -2.41. The molecule has 0 heterocycles. The van der Waals surface area contributed by atoms with E-state index in [-0.39, 0.29) is 12.5 Å². The lowest BCUT2D eigenvalue weighted by Gasteiger charge is -2.25. The first-order valence-corrected chi connectivity index (χ1v) is 7.27. The van der Waals surface area contributed by atoms with Gasteiger partial charge in [0.15, 0.2) is 0 Å². The minimum absolute atomic E-state index is 0.198. The molecule has 0 aliphatic carbocycles. The van der Waals surface area contributed by atoms with Crippen LogP contribution in [0.15, 0.2) is 30.3 Å². The van der Waals surface area contributed by atoms with Crippen LogP contribution in [0.3, 0.4) is 0 Å². The molecule has 0 unspecified atom stereocenters. The van der Waals surface area contributed by atoms with E-state index in [9.17, 15) is 9.90 Å². The van der Waals surface area contributed by atoms with Gasteiger partial charge in [-0.25, -0.2) is 0 Å². The number of allylic oxidation sites excluding steroid dienone is 1. The van der Waals surface area contributed by atoms with E-state index in [1.54, 1.807) is 13.2 Å². The Labute approximate surface area is 126 Å². The summed E-state index contributed by atoms with van der Waals surface area (Å²) in [5.41, 5.74) is 0.960. The Hall–Kier alpha value is -1.81. The molecule has 116 valence electrons. The minimum Gasteiger partial charge on any atom is -0.497 e. The third kappa shape index (κ3) is 5.23. The molecule has 0 spiro atoms. The predicted molar refractivity (Wildman–Crippen MR) is 85.2 cm³/mol. The summed E-state index contributed by atoms with van der Waals surface area (Å²) >= 11 is 0.